The lowest BCUT2D eigenvalue weighted by atomic mass is 9.95. The molecule has 3 heteroatoms. The van der Waals surface area contributed by atoms with Crippen molar-refractivity contribution in [2.24, 2.45) is 5.41 Å². The Balaban J connectivity index is 2.65. The fourth-order valence-corrected chi connectivity index (χ4v) is 1.17. The fourth-order valence-electron chi connectivity index (χ4n) is 1.17. The molecule has 3 nitrogen and oxygen atoms in total. The van der Waals surface area contributed by atoms with Gasteiger partial charge < -0.3 is 10.1 Å². The van der Waals surface area contributed by atoms with Crippen LogP contribution in [-0.2, 0) is 16.1 Å². The second-order valence-corrected chi connectivity index (χ2v) is 4.83. The zero-order valence-corrected chi connectivity index (χ0v) is 10.3. The van der Waals surface area contributed by atoms with Crippen molar-refractivity contribution in [3.05, 3.63) is 29.8 Å². The zero-order chi connectivity index (χ0) is 12.2. The molecule has 0 bridgehead atoms. The summed E-state index contributed by atoms with van der Waals surface area (Å²) in [7, 11) is 1.66. The van der Waals surface area contributed by atoms with Gasteiger partial charge in [-0.15, -0.1) is 0 Å². The zero-order valence-electron chi connectivity index (χ0n) is 10.3. The molecule has 0 aromatic heterocycles. The standard InChI is InChI=1S/C13H19NO2/c1-13(2,3)12(15)14-11-7-5-10(6-8-11)9-16-4/h5-8H,9H2,1-4H3,(H,14,15). The summed E-state index contributed by atoms with van der Waals surface area (Å²) in [5.74, 6) is 0.0204. The van der Waals surface area contributed by atoms with Crippen LogP contribution in [0.4, 0.5) is 5.69 Å². The molecule has 0 atom stereocenters. The summed E-state index contributed by atoms with van der Waals surface area (Å²) in [6.07, 6.45) is 0. The molecule has 1 rings (SSSR count). The molecule has 0 aliphatic heterocycles. The molecule has 0 aliphatic rings. The van der Waals surface area contributed by atoms with Crippen LogP contribution in [0, 0.1) is 5.41 Å². The molecule has 0 spiro atoms. The number of ether oxygens (including phenoxy) is 1. The lowest BCUT2D eigenvalue weighted by Crippen LogP contribution is -2.27. The predicted octanol–water partition coefficient (Wildman–Crippen LogP) is 2.82. The highest BCUT2D eigenvalue weighted by Gasteiger charge is 2.20. The number of methoxy groups -OCH3 is 1. The SMILES string of the molecule is COCc1ccc(NC(=O)C(C)(C)C)cc1. The average Bonchev–Trinajstić information content (AvgIpc) is 2.20. The quantitative estimate of drug-likeness (QED) is 0.852. The molecule has 0 radical (unpaired) electrons. The highest BCUT2D eigenvalue weighted by atomic mass is 16.5. The van der Waals surface area contributed by atoms with Gasteiger partial charge in [0.2, 0.25) is 5.91 Å². The van der Waals surface area contributed by atoms with Gasteiger partial charge in [0.25, 0.3) is 0 Å². The first-order valence-electron chi connectivity index (χ1n) is 5.33. The maximum absolute atomic E-state index is 11.7. The minimum atomic E-state index is -0.370. The van der Waals surface area contributed by atoms with Gasteiger partial charge in [0.15, 0.2) is 0 Å². The molecular weight excluding hydrogens is 202 g/mol. The van der Waals surface area contributed by atoms with E-state index in [2.05, 4.69) is 5.32 Å². The summed E-state index contributed by atoms with van der Waals surface area (Å²) >= 11 is 0. The average molecular weight is 221 g/mol. The van der Waals surface area contributed by atoms with E-state index in [1.54, 1.807) is 7.11 Å². The Morgan fingerprint density at radius 3 is 2.25 bits per heavy atom. The maximum Gasteiger partial charge on any atom is 0.229 e. The molecule has 0 heterocycles. The third-order valence-electron chi connectivity index (χ3n) is 2.20. The third-order valence-corrected chi connectivity index (χ3v) is 2.20. The number of hydrogen-bond donors (Lipinski definition) is 1. The first kappa shape index (κ1) is 12.7. The largest absolute Gasteiger partial charge is 0.380 e. The third kappa shape index (κ3) is 3.66. The van der Waals surface area contributed by atoms with Crippen LogP contribution in [0.15, 0.2) is 24.3 Å². The molecule has 0 unspecified atom stereocenters. The van der Waals surface area contributed by atoms with Crippen LogP contribution in [0.5, 0.6) is 0 Å². The Kier molecular flexibility index (Phi) is 4.07. The summed E-state index contributed by atoms with van der Waals surface area (Å²) in [6.45, 7) is 6.26. The van der Waals surface area contributed by atoms with Gasteiger partial charge in [-0.3, -0.25) is 4.79 Å². The van der Waals surface area contributed by atoms with Crippen molar-refractivity contribution in [1.82, 2.24) is 0 Å². The Morgan fingerprint density at radius 2 is 1.81 bits per heavy atom. The molecular formula is C13H19NO2. The lowest BCUT2D eigenvalue weighted by Gasteiger charge is -2.17. The van der Waals surface area contributed by atoms with Crippen LogP contribution in [0.1, 0.15) is 26.3 Å². The molecule has 16 heavy (non-hydrogen) atoms. The first-order valence-corrected chi connectivity index (χ1v) is 5.33. The van der Waals surface area contributed by atoms with Gasteiger partial charge in [-0.25, -0.2) is 0 Å². The van der Waals surface area contributed by atoms with E-state index in [4.69, 9.17) is 4.74 Å². The van der Waals surface area contributed by atoms with Crippen molar-refractivity contribution in [3.63, 3.8) is 0 Å². The van der Waals surface area contributed by atoms with Crippen molar-refractivity contribution < 1.29 is 9.53 Å². The molecule has 1 aromatic carbocycles. The Hall–Kier alpha value is -1.35. The number of carbonyl (C=O) groups excluding carboxylic acids is 1. The van der Waals surface area contributed by atoms with E-state index >= 15 is 0 Å². The number of amides is 1. The summed E-state index contributed by atoms with van der Waals surface area (Å²) in [4.78, 5) is 11.7. The Bertz CT molecular complexity index is 349. The minimum Gasteiger partial charge on any atom is -0.380 e. The number of anilines is 1. The summed E-state index contributed by atoms with van der Waals surface area (Å²) < 4.78 is 5.02. The monoisotopic (exact) mass is 221 g/mol. The second kappa shape index (κ2) is 5.12. The highest BCUT2D eigenvalue weighted by molar-refractivity contribution is 5.94. The van der Waals surface area contributed by atoms with Crippen LogP contribution in [0.3, 0.4) is 0 Å². The normalized spacial score (nSPS) is 11.2. The summed E-state index contributed by atoms with van der Waals surface area (Å²) in [5, 5.41) is 2.87. The van der Waals surface area contributed by atoms with Gasteiger partial charge in [0.05, 0.1) is 6.61 Å². The van der Waals surface area contributed by atoms with E-state index < -0.39 is 0 Å². The minimum absolute atomic E-state index is 0.0204. The number of nitrogens with one attached hydrogen (secondary N) is 1. The maximum atomic E-state index is 11.7. The van der Waals surface area contributed by atoms with Crippen LogP contribution in [0.25, 0.3) is 0 Å². The van der Waals surface area contributed by atoms with Gasteiger partial charge in [0.1, 0.15) is 0 Å². The summed E-state index contributed by atoms with van der Waals surface area (Å²) in [5.41, 5.74) is 1.54. The van der Waals surface area contributed by atoms with Crippen molar-refractivity contribution in [1.29, 1.82) is 0 Å². The van der Waals surface area contributed by atoms with Crippen molar-refractivity contribution in [2.75, 3.05) is 12.4 Å². The van der Waals surface area contributed by atoms with Crippen molar-refractivity contribution in [2.45, 2.75) is 27.4 Å². The van der Waals surface area contributed by atoms with Crippen LogP contribution >= 0.6 is 0 Å². The number of carbonyl (C=O) groups is 1. The molecule has 0 fully saturated rings. The molecule has 1 aromatic rings. The van der Waals surface area contributed by atoms with Crippen molar-refractivity contribution >= 4 is 11.6 Å². The Labute approximate surface area is 96.8 Å². The van der Waals surface area contributed by atoms with Gasteiger partial charge in [-0.1, -0.05) is 32.9 Å². The van der Waals surface area contributed by atoms with Crippen molar-refractivity contribution in [3.8, 4) is 0 Å². The van der Waals surface area contributed by atoms with Crippen LogP contribution < -0.4 is 5.32 Å². The smallest absolute Gasteiger partial charge is 0.229 e. The first-order chi connectivity index (χ1) is 7.43. The number of hydrogen-bond acceptors (Lipinski definition) is 2. The number of benzene rings is 1. The van der Waals surface area contributed by atoms with E-state index in [-0.39, 0.29) is 11.3 Å². The van der Waals surface area contributed by atoms with Gasteiger partial charge in [0, 0.05) is 18.2 Å². The Morgan fingerprint density at radius 1 is 1.25 bits per heavy atom. The van der Waals surface area contributed by atoms with E-state index in [0.717, 1.165) is 11.3 Å². The summed E-state index contributed by atoms with van der Waals surface area (Å²) in [6, 6.07) is 7.67. The molecule has 0 aliphatic carbocycles. The van der Waals surface area contributed by atoms with Gasteiger partial charge in [-0.2, -0.15) is 0 Å². The molecule has 88 valence electrons. The second-order valence-electron chi connectivity index (χ2n) is 4.83. The lowest BCUT2D eigenvalue weighted by molar-refractivity contribution is -0.123. The molecule has 0 saturated carbocycles. The molecule has 1 amide bonds. The van der Waals surface area contributed by atoms with E-state index in [9.17, 15) is 4.79 Å². The van der Waals surface area contributed by atoms with E-state index in [0.29, 0.717) is 6.61 Å². The topological polar surface area (TPSA) is 38.3 Å². The van der Waals surface area contributed by atoms with E-state index in [1.807, 2.05) is 45.0 Å². The number of rotatable bonds is 3. The van der Waals surface area contributed by atoms with E-state index in [1.165, 1.54) is 0 Å². The van der Waals surface area contributed by atoms with Crippen LogP contribution in [0.2, 0.25) is 0 Å². The molecule has 0 saturated heterocycles. The fraction of sp³-hybridized carbons (Fsp3) is 0.462. The van der Waals surface area contributed by atoms with Gasteiger partial charge >= 0.3 is 0 Å². The predicted molar refractivity (Wildman–Crippen MR) is 65.2 cm³/mol. The van der Waals surface area contributed by atoms with Crippen LogP contribution in [-0.4, -0.2) is 13.0 Å². The highest BCUT2D eigenvalue weighted by Crippen LogP contribution is 2.17. The molecule has 1 N–H and O–H groups in total. The van der Waals surface area contributed by atoms with Gasteiger partial charge in [-0.05, 0) is 17.7 Å².